The van der Waals surface area contributed by atoms with Gasteiger partial charge in [-0.25, -0.2) is 22.8 Å². The Morgan fingerprint density at radius 1 is 1.10 bits per heavy atom. The smallest absolute Gasteiger partial charge is 0.137 e. The first-order chi connectivity index (χ1) is 14.2. The average molecular weight is 415 g/mol. The van der Waals surface area contributed by atoms with Crippen LogP contribution in [0.3, 0.4) is 0 Å². The van der Waals surface area contributed by atoms with Crippen molar-refractivity contribution in [2.24, 2.45) is 0 Å². The number of hydrogen-bond acceptors (Lipinski definition) is 4. The molecule has 30 heavy (non-hydrogen) atoms. The molecule has 156 valence electrons. The Labute approximate surface area is 170 Å². The molecule has 2 aromatic heterocycles. The molecule has 0 amide bonds. The zero-order chi connectivity index (χ0) is 21.6. The summed E-state index contributed by atoms with van der Waals surface area (Å²) in [6, 6.07) is 5.11. The maximum absolute atomic E-state index is 14.8. The number of aryl methyl sites for hydroxylation is 2. The number of hydrogen-bond donors (Lipinski definition) is 1. The predicted molar refractivity (Wildman–Crippen MR) is 104 cm³/mol. The van der Waals surface area contributed by atoms with Gasteiger partial charge in [-0.05, 0) is 39.0 Å². The standard InChI is InChI=1S/C21H20F3N5O/c1-12-18(23)7-5-16-13(2)27-29(20(12)16)14(3)21(30,9-28-11-25-10-26-28)17-6-4-15(22)8-19(17)24/h4-8,10-11,14,30H,9H2,1-3H3/t14-,21-/m1/s1. The Hall–Kier alpha value is -3.20. The van der Waals surface area contributed by atoms with Crippen molar-refractivity contribution >= 4 is 10.9 Å². The van der Waals surface area contributed by atoms with Gasteiger partial charge in [-0.2, -0.15) is 10.2 Å². The molecule has 0 aliphatic rings. The molecule has 0 saturated carbocycles. The summed E-state index contributed by atoms with van der Waals surface area (Å²) in [5, 5.41) is 21.0. The van der Waals surface area contributed by atoms with Gasteiger partial charge in [0.15, 0.2) is 0 Å². The van der Waals surface area contributed by atoms with E-state index in [1.807, 2.05) is 0 Å². The van der Waals surface area contributed by atoms with Gasteiger partial charge in [0, 0.05) is 22.6 Å². The van der Waals surface area contributed by atoms with Gasteiger partial charge >= 0.3 is 0 Å². The fourth-order valence-corrected chi connectivity index (χ4v) is 3.86. The van der Waals surface area contributed by atoms with Gasteiger partial charge in [-0.15, -0.1) is 0 Å². The van der Waals surface area contributed by atoms with Crippen molar-refractivity contribution in [2.45, 2.75) is 39.0 Å². The summed E-state index contributed by atoms with van der Waals surface area (Å²) in [6.45, 7) is 4.87. The lowest BCUT2D eigenvalue weighted by atomic mass is 9.86. The topological polar surface area (TPSA) is 68.8 Å². The summed E-state index contributed by atoms with van der Waals surface area (Å²) in [5.74, 6) is -2.07. The van der Waals surface area contributed by atoms with E-state index in [-0.39, 0.29) is 12.1 Å². The molecule has 0 aliphatic carbocycles. The highest BCUT2D eigenvalue weighted by atomic mass is 19.1. The normalized spacial score (nSPS) is 14.8. The van der Waals surface area contributed by atoms with Crippen LogP contribution in [-0.2, 0) is 12.1 Å². The molecule has 0 aliphatic heterocycles. The zero-order valence-electron chi connectivity index (χ0n) is 16.6. The number of fused-ring (bicyclic) bond motifs is 1. The molecule has 2 atom stereocenters. The second-order valence-corrected chi connectivity index (χ2v) is 7.42. The Morgan fingerprint density at radius 3 is 2.53 bits per heavy atom. The summed E-state index contributed by atoms with van der Waals surface area (Å²) < 4.78 is 45.5. The van der Waals surface area contributed by atoms with Gasteiger partial charge in [0.2, 0.25) is 0 Å². The fraction of sp³-hybridized carbons (Fsp3) is 0.286. The second-order valence-electron chi connectivity index (χ2n) is 7.42. The van der Waals surface area contributed by atoms with Crippen molar-refractivity contribution in [3.63, 3.8) is 0 Å². The summed E-state index contributed by atoms with van der Waals surface area (Å²) >= 11 is 0. The number of aromatic nitrogens is 5. The highest BCUT2D eigenvalue weighted by Crippen LogP contribution is 2.39. The van der Waals surface area contributed by atoms with Crippen molar-refractivity contribution in [3.8, 4) is 0 Å². The maximum atomic E-state index is 14.8. The minimum Gasteiger partial charge on any atom is -0.381 e. The molecule has 0 unspecified atom stereocenters. The van der Waals surface area contributed by atoms with E-state index in [2.05, 4.69) is 15.2 Å². The molecular formula is C21H20F3N5O. The van der Waals surface area contributed by atoms with E-state index in [0.29, 0.717) is 22.8 Å². The van der Waals surface area contributed by atoms with Crippen LogP contribution in [0.2, 0.25) is 0 Å². The molecule has 6 nitrogen and oxygen atoms in total. The third kappa shape index (κ3) is 3.15. The van der Waals surface area contributed by atoms with Crippen molar-refractivity contribution < 1.29 is 18.3 Å². The van der Waals surface area contributed by atoms with E-state index in [1.54, 1.807) is 26.8 Å². The van der Waals surface area contributed by atoms with Crippen LogP contribution in [0.4, 0.5) is 13.2 Å². The van der Waals surface area contributed by atoms with Crippen molar-refractivity contribution in [3.05, 3.63) is 77.3 Å². The van der Waals surface area contributed by atoms with E-state index in [4.69, 9.17) is 0 Å². The van der Waals surface area contributed by atoms with Crippen LogP contribution >= 0.6 is 0 Å². The maximum Gasteiger partial charge on any atom is 0.137 e. The monoisotopic (exact) mass is 415 g/mol. The van der Waals surface area contributed by atoms with Crippen LogP contribution in [0.15, 0.2) is 43.0 Å². The largest absolute Gasteiger partial charge is 0.381 e. The average Bonchev–Trinajstić information content (AvgIpc) is 3.31. The lowest BCUT2D eigenvalue weighted by molar-refractivity contribution is -0.0355. The van der Waals surface area contributed by atoms with Crippen LogP contribution in [0.1, 0.15) is 29.8 Å². The van der Waals surface area contributed by atoms with Crippen molar-refractivity contribution in [2.75, 3.05) is 0 Å². The van der Waals surface area contributed by atoms with E-state index in [9.17, 15) is 18.3 Å². The summed E-state index contributed by atoms with van der Waals surface area (Å²) in [5.41, 5.74) is -0.512. The van der Waals surface area contributed by atoms with E-state index in [0.717, 1.165) is 11.5 Å². The molecule has 0 bridgehead atoms. The number of aliphatic hydroxyl groups is 1. The molecule has 4 aromatic rings. The Morgan fingerprint density at radius 2 is 1.87 bits per heavy atom. The fourth-order valence-electron chi connectivity index (χ4n) is 3.86. The van der Waals surface area contributed by atoms with Gasteiger partial charge in [0.25, 0.3) is 0 Å². The Kier molecular flexibility index (Phi) is 4.85. The van der Waals surface area contributed by atoms with E-state index < -0.39 is 29.1 Å². The van der Waals surface area contributed by atoms with Crippen LogP contribution in [-0.4, -0.2) is 29.7 Å². The highest BCUT2D eigenvalue weighted by molar-refractivity contribution is 5.85. The van der Waals surface area contributed by atoms with Gasteiger partial charge in [-0.3, -0.25) is 4.68 Å². The second kappa shape index (κ2) is 7.24. The number of rotatable bonds is 5. The van der Waals surface area contributed by atoms with Crippen LogP contribution in [0, 0.1) is 31.3 Å². The molecule has 0 radical (unpaired) electrons. The minimum atomic E-state index is -1.89. The van der Waals surface area contributed by atoms with E-state index in [1.165, 1.54) is 34.2 Å². The Balaban J connectivity index is 1.94. The van der Waals surface area contributed by atoms with E-state index >= 15 is 0 Å². The highest BCUT2D eigenvalue weighted by Gasteiger charge is 2.41. The summed E-state index contributed by atoms with van der Waals surface area (Å²) in [6.07, 6.45) is 2.68. The van der Waals surface area contributed by atoms with Gasteiger partial charge in [0.1, 0.15) is 35.7 Å². The van der Waals surface area contributed by atoms with Crippen molar-refractivity contribution in [1.29, 1.82) is 0 Å². The first kappa shape index (κ1) is 20.1. The molecule has 0 saturated heterocycles. The third-order valence-electron chi connectivity index (χ3n) is 5.57. The lowest BCUT2D eigenvalue weighted by Crippen LogP contribution is -2.41. The number of benzene rings is 2. The minimum absolute atomic E-state index is 0.123. The van der Waals surface area contributed by atoms with Gasteiger partial charge in [0.05, 0.1) is 23.8 Å². The Bertz CT molecular complexity index is 1220. The quantitative estimate of drug-likeness (QED) is 0.538. The molecule has 1 N–H and O–H groups in total. The first-order valence-corrected chi connectivity index (χ1v) is 9.36. The number of nitrogens with zero attached hydrogens (tertiary/aromatic N) is 5. The third-order valence-corrected chi connectivity index (χ3v) is 5.57. The molecule has 0 spiro atoms. The SMILES string of the molecule is Cc1nn([C@H](C)[C@](O)(Cn2cncn2)c2ccc(F)cc2F)c2c(C)c(F)ccc12. The zero-order valence-corrected chi connectivity index (χ0v) is 16.6. The van der Waals surface area contributed by atoms with Gasteiger partial charge < -0.3 is 5.11 Å². The lowest BCUT2D eigenvalue weighted by Gasteiger charge is -2.35. The van der Waals surface area contributed by atoms with Crippen molar-refractivity contribution in [1.82, 2.24) is 24.5 Å². The molecule has 0 fully saturated rings. The summed E-state index contributed by atoms with van der Waals surface area (Å²) in [4.78, 5) is 3.86. The predicted octanol–water partition coefficient (Wildman–Crippen LogP) is 3.81. The summed E-state index contributed by atoms with van der Waals surface area (Å²) in [7, 11) is 0. The number of halogens is 3. The first-order valence-electron chi connectivity index (χ1n) is 9.36. The molecule has 2 aromatic carbocycles. The van der Waals surface area contributed by atoms with Crippen LogP contribution in [0.5, 0.6) is 0 Å². The molecule has 9 heteroatoms. The van der Waals surface area contributed by atoms with Gasteiger partial charge in [-0.1, -0.05) is 6.07 Å². The van der Waals surface area contributed by atoms with Crippen LogP contribution < -0.4 is 0 Å². The molecular weight excluding hydrogens is 395 g/mol. The molecule has 2 heterocycles. The van der Waals surface area contributed by atoms with Crippen LogP contribution in [0.25, 0.3) is 10.9 Å². The molecule has 4 rings (SSSR count).